The molecule has 0 aromatic heterocycles. The van der Waals surface area contributed by atoms with Gasteiger partial charge < -0.3 is 39.6 Å². The third-order valence-electron chi connectivity index (χ3n) is 2.71. The zero-order valence-electron chi connectivity index (χ0n) is 15.1. The van der Waals surface area contributed by atoms with Crippen LogP contribution in [0.15, 0.2) is 23.3 Å². The Hall–Kier alpha value is -1.11. The second kappa shape index (κ2) is 20.2. The Balaban J connectivity index is -0.000000173. The van der Waals surface area contributed by atoms with Crippen LogP contribution in [0.1, 0.15) is 52.4 Å². The minimum Gasteiger partial charge on any atom is -0.545 e. The van der Waals surface area contributed by atoms with Crippen LogP contribution in [0.2, 0.25) is 0 Å². The molecule has 0 amide bonds. The predicted molar refractivity (Wildman–Crippen MR) is 86.8 cm³/mol. The SMILES string of the molecule is CCCC/C(=C/C(=O)[O-])C(=O)[O-].CCCC/C(=C/C(=O)[O-])C(=O)[O-].[Mg+2].[Mg+2]. The van der Waals surface area contributed by atoms with E-state index in [4.69, 9.17) is 0 Å². The first-order valence-corrected chi connectivity index (χ1v) is 7.41. The number of hydrogen-bond acceptors (Lipinski definition) is 8. The van der Waals surface area contributed by atoms with E-state index >= 15 is 0 Å². The van der Waals surface area contributed by atoms with Gasteiger partial charge in [-0.15, -0.1) is 0 Å². The summed E-state index contributed by atoms with van der Waals surface area (Å²) in [5.41, 5.74) is -0.422. The maximum atomic E-state index is 10.3. The normalized spacial score (nSPS) is 10.4. The zero-order valence-corrected chi connectivity index (χ0v) is 17.9. The van der Waals surface area contributed by atoms with Gasteiger partial charge in [0.25, 0.3) is 0 Å². The zero-order chi connectivity index (χ0) is 19.1. The van der Waals surface area contributed by atoms with Crippen LogP contribution in [0, 0.1) is 0 Å². The number of aliphatic carboxylic acids is 4. The molecule has 0 radical (unpaired) electrons. The Bertz CT molecular complexity index is 466. The van der Waals surface area contributed by atoms with Gasteiger partial charge in [0.05, 0.1) is 23.9 Å². The number of hydrogen-bond donors (Lipinski definition) is 0. The molecule has 136 valence electrons. The molecule has 0 unspecified atom stereocenters. The minimum atomic E-state index is -1.50. The molecule has 0 N–H and O–H groups in total. The summed E-state index contributed by atoms with van der Waals surface area (Å²) in [6, 6.07) is 0. The molecule has 10 heteroatoms. The summed E-state index contributed by atoms with van der Waals surface area (Å²) < 4.78 is 0. The van der Waals surface area contributed by atoms with Crippen molar-refractivity contribution in [2.45, 2.75) is 52.4 Å². The van der Waals surface area contributed by atoms with Crippen LogP contribution in [-0.2, 0) is 19.2 Å². The predicted octanol–water partition coefficient (Wildman–Crippen LogP) is -3.56. The van der Waals surface area contributed by atoms with Crippen molar-refractivity contribution in [2.75, 3.05) is 0 Å². The van der Waals surface area contributed by atoms with Crippen LogP contribution < -0.4 is 20.4 Å². The van der Waals surface area contributed by atoms with Gasteiger partial charge in [-0.2, -0.15) is 0 Å². The molecule has 0 saturated heterocycles. The van der Waals surface area contributed by atoms with Crippen LogP contribution in [0.25, 0.3) is 0 Å². The van der Waals surface area contributed by atoms with E-state index in [1.165, 1.54) is 0 Å². The quantitative estimate of drug-likeness (QED) is 0.274. The van der Waals surface area contributed by atoms with Crippen LogP contribution in [0.4, 0.5) is 0 Å². The standard InChI is InChI=1S/2C8H12O4.2Mg/c2*1-2-3-4-6(8(11)12)5-7(9)10;;/h2*5H,2-4H2,1H3,(H,9,10)(H,11,12);;/q;;2*+2/p-4/b2*6-5-;;. The average molecular weight is 389 g/mol. The maximum absolute atomic E-state index is 10.3. The second-order valence-corrected chi connectivity index (χ2v) is 4.76. The van der Waals surface area contributed by atoms with Crippen molar-refractivity contribution >= 4 is 70.0 Å². The molecule has 0 heterocycles. The molecule has 8 nitrogen and oxygen atoms in total. The minimum absolute atomic E-state index is 0. The Morgan fingerprint density at radius 2 is 0.923 bits per heavy atom. The first-order valence-electron chi connectivity index (χ1n) is 7.41. The summed E-state index contributed by atoms with van der Waals surface area (Å²) in [5, 5.41) is 40.5. The first kappa shape index (κ1) is 32.6. The smallest absolute Gasteiger partial charge is 0.545 e. The van der Waals surface area contributed by atoms with Gasteiger partial charge in [-0.1, -0.05) is 26.7 Å². The molecule has 0 spiro atoms. The summed E-state index contributed by atoms with van der Waals surface area (Å²) in [6.45, 7) is 3.76. The summed E-state index contributed by atoms with van der Waals surface area (Å²) in [5.74, 6) is -5.86. The van der Waals surface area contributed by atoms with Gasteiger partial charge in [-0.3, -0.25) is 0 Å². The van der Waals surface area contributed by atoms with Crippen molar-refractivity contribution in [1.82, 2.24) is 0 Å². The molecule has 0 rings (SSSR count). The van der Waals surface area contributed by atoms with Crippen LogP contribution in [0.3, 0.4) is 0 Å². The summed E-state index contributed by atoms with van der Waals surface area (Å²) in [4.78, 5) is 40.5. The van der Waals surface area contributed by atoms with Crippen LogP contribution >= 0.6 is 0 Å². The van der Waals surface area contributed by atoms with E-state index in [-0.39, 0.29) is 70.1 Å². The molecular weight excluding hydrogens is 369 g/mol. The average Bonchev–Trinajstić information content (AvgIpc) is 2.47. The van der Waals surface area contributed by atoms with Crippen LogP contribution in [0.5, 0.6) is 0 Å². The molecule has 0 aliphatic carbocycles. The van der Waals surface area contributed by atoms with Crippen molar-refractivity contribution in [3.05, 3.63) is 23.3 Å². The van der Waals surface area contributed by atoms with Gasteiger partial charge in [0, 0.05) is 0 Å². The largest absolute Gasteiger partial charge is 2.00 e. The fourth-order valence-corrected chi connectivity index (χ4v) is 1.49. The van der Waals surface area contributed by atoms with Gasteiger partial charge in [-0.05, 0) is 49.0 Å². The molecule has 0 aliphatic heterocycles. The maximum Gasteiger partial charge on any atom is 2.00 e. The summed E-state index contributed by atoms with van der Waals surface area (Å²) in [6.07, 6.45) is 4.45. The van der Waals surface area contributed by atoms with Crippen molar-refractivity contribution in [1.29, 1.82) is 0 Å². The van der Waals surface area contributed by atoms with Crippen molar-refractivity contribution in [3.63, 3.8) is 0 Å². The molecule has 0 bridgehead atoms. The molecule has 0 aromatic rings. The number of carbonyl (C=O) groups is 4. The molecule has 0 aromatic carbocycles. The van der Waals surface area contributed by atoms with Crippen molar-refractivity contribution in [3.8, 4) is 0 Å². The fraction of sp³-hybridized carbons (Fsp3) is 0.500. The topological polar surface area (TPSA) is 161 Å². The van der Waals surface area contributed by atoms with Gasteiger partial charge in [0.2, 0.25) is 0 Å². The molecule has 26 heavy (non-hydrogen) atoms. The van der Waals surface area contributed by atoms with Gasteiger partial charge in [0.15, 0.2) is 0 Å². The van der Waals surface area contributed by atoms with Crippen LogP contribution in [-0.4, -0.2) is 70.0 Å². The molecular formula is C16H20Mg2O8. The monoisotopic (exact) mass is 388 g/mol. The third-order valence-corrected chi connectivity index (χ3v) is 2.71. The fourth-order valence-electron chi connectivity index (χ4n) is 1.49. The number of carboxylic acid groups (broad SMARTS) is 4. The van der Waals surface area contributed by atoms with E-state index in [1.54, 1.807) is 0 Å². The van der Waals surface area contributed by atoms with E-state index < -0.39 is 23.9 Å². The summed E-state index contributed by atoms with van der Waals surface area (Å²) in [7, 11) is 0. The van der Waals surface area contributed by atoms with Gasteiger partial charge in [0.1, 0.15) is 0 Å². The third kappa shape index (κ3) is 20.9. The first-order chi connectivity index (χ1) is 11.1. The number of rotatable bonds is 10. The molecule has 0 saturated carbocycles. The number of unbranched alkanes of at least 4 members (excludes halogenated alkanes) is 2. The molecule has 0 fully saturated rings. The van der Waals surface area contributed by atoms with Crippen molar-refractivity contribution in [2.24, 2.45) is 0 Å². The summed E-state index contributed by atoms with van der Waals surface area (Å²) >= 11 is 0. The van der Waals surface area contributed by atoms with Crippen molar-refractivity contribution < 1.29 is 39.6 Å². The Kier molecular flexibility index (Phi) is 25.3. The molecule has 0 atom stereocenters. The Morgan fingerprint density at radius 3 is 1.08 bits per heavy atom. The van der Waals surface area contributed by atoms with E-state index in [9.17, 15) is 39.6 Å². The number of carboxylic acids is 4. The Morgan fingerprint density at radius 1 is 0.654 bits per heavy atom. The number of carbonyl (C=O) groups excluding carboxylic acids is 4. The van der Waals surface area contributed by atoms with E-state index in [2.05, 4.69) is 0 Å². The second-order valence-electron chi connectivity index (χ2n) is 4.76. The Labute approximate surface area is 184 Å². The van der Waals surface area contributed by atoms with Gasteiger partial charge in [-0.25, -0.2) is 0 Å². The molecule has 0 aliphatic rings. The van der Waals surface area contributed by atoms with E-state index in [1.807, 2.05) is 13.8 Å². The van der Waals surface area contributed by atoms with E-state index in [0.29, 0.717) is 25.0 Å². The van der Waals surface area contributed by atoms with E-state index in [0.717, 1.165) is 12.8 Å². The van der Waals surface area contributed by atoms with Gasteiger partial charge >= 0.3 is 46.1 Å².